The molecule has 2 aliphatic rings. The number of fused-ring (bicyclic) bond motifs is 6. The van der Waals surface area contributed by atoms with Crippen LogP contribution in [0.15, 0.2) is 170 Å². The number of aromatic nitrogens is 1. The smallest absolute Gasteiger partial charge is 0.0541 e. The van der Waals surface area contributed by atoms with E-state index in [4.69, 9.17) is 0 Å². The van der Waals surface area contributed by atoms with Gasteiger partial charge in [-0.3, -0.25) is 0 Å². The first-order valence-electron chi connectivity index (χ1n) is 16.8. The summed E-state index contributed by atoms with van der Waals surface area (Å²) in [4.78, 5) is 2.38. The van der Waals surface area contributed by atoms with Crippen LogP contribution in [0.5, 0.6) is 0 Å². The number of hydrogen-bond donors (Lipinski definition) is 0. The molecule has 0 fully saturated rings. The topological polar surface area (TPSA) is 8.17 Å². The Kier molecular flexibility index (Phi) is 6.58. The molecule has 0 spiro atoms. The number of anilines is 3. The van der Waals surface area contributed by atoms with E-state index in [9.17, 15) is 0 Å². The third-order valence-corrected chi connectivity index (χ3v) is 10.2. The summed E-state index contributed by atoms with van der Waals surface area (Å²) in [5.74, 6) is 0. The second-order valence-corrected chi connectivity index (χ2v) is 13.4. The first-order valence-corrected chi connectivity index (χ1v) is 16.8. The number of nitrogens with zero attached hydrogens (tertiary/aromatic N) is 2. The maximum atomic E-state index is 2.42. The van der Waals surface area contributed by atoms with Gasteiger partial charge in [-0.15, -0.1) is 0 Å². The molecular weight excluding hydrogens is 581 g/mol. The van der Waals surface area contributed by atoms with Crippen LogP contribution in [0.2, 0.25) is 0 Å². The van der Waals surface area contributed by atoms with Gasteiger partial charge in [0.05, 0.1) is 11.0 Å². The van der Waals surface area contributed by atoms with Crippen molar-refractivity contribution in [3.8, 4) is 16.8 Å². The maximum Gasteiger partial charge on any atom is 0.0541 e. The van der Waals surface area contributed by atoms with Crippen molar-refractivity contribution < 1.29 is 0 Å². The lowest BCUT2D eigenvalue weighted by Gasteiger charge is -2.28. The molecule has 0 atom stereocenters. The zero-order valence-corrected chi connectivity index (χ0v) is 27.3. The van der Waals surface area contributed by atoms with Crippen molar-refractivity contribution in [2.45, 2.75) is 25.7 Å². The molecule has 0 aliphatic heterocycles. The summed E-state index contributed by atoms with van der Waals surface area (Å²) < 4.78 is 2.42. The molecule has 6 aromatic carbocycles. The van der Waals surface area contributed by atoms with Gasteiger partial charge in [0.15, 0.2) is 0 Å². The molecule has 1 heterocycles. The van der Waals surface area contributed by atoms with Gasteiger partial charge in [0.2, 0.25) is 0 Å². The molecular formula is C46H36N2. The van der Waals surface area contributed by atoms with Crippen molar-refractivity contribution >= 4 is 44.4 Å². The lowest BCUT2D eigenvalue weighted by atomic mass is 9.82. The van der Waals surface area contributed by atoms with Crippen molar-refractivity contribution in [2.75, 3.05) is 4.90 Å². The first-order chi connectivity index (χ1) is 23.6. The van der Waals surface area contributed by atoms with Crippen LogP contribution in [0, 0.1) is 0 Å². The summed E-state index contributed by atoms with van der Waals surface area (Å²) in [5.41, 5.74) is 14.9. The molecule has 1 aromatic heterocycles. The SMILES string of the molecule is CC1(C)c2ccc(-n3c4ccccc4c4ccccc43)cc2-c2ccc(N(c3ccccc3)c3ccc(C4=CC=CC=CC4)cc3)cc21. The Hall–Kier alpha value is -5.86. The minimum absolute atomic E-state index is 0.140. The van der Waals surface area contributed by atoms with Crippen LogP contribution in [-0.2, 0) is 5.41 Å². The molecule has 0 N–H and O–H groups in total. The molecule has 0 unspecified atom stereocenters. The largest absolute Gasteiger partial charge is 0.310 e. The minimum Gasteiger partial charge on any atom is -0.310 e. The summed E-state index contributed by atoms with van der Waals surface area (Å²) >= 11 is 0. The van der Waals surface area contributed by atoms with Crippen LogP contribution >= 0.6 is 0 Å². The van der Waals surface area contributed by atoms with Crippen LogP contribution in [0.1, 0.15) is 37.0 Å². The number of para-hydroxylation sites is 3. The first kappa shape index (κ1) is 28.4. The van der Waals surface area contributed by atoms with Crippen molar-refractivity contribution in [3.05, 3.63) is 187 Å². The number of hydrogen-bond acceptors (Lipinski definition) is 1. The van der Waals surface area contributed by atoms with Crippen molar-refractivity contribution in [2.24, 2.45) is 0 Å². The summed E-state index contributed by atoms with van der Waals surface area (Å²) in [6.07, 6.45) is 11.7. The fraction of sp³-hybridized carbons (Fsp3) is 0.0870. The van der Waals surface area contributed by atoms with Gasteiger partial charge < -0.3 is 9.47 Å². The number of benzene rings is 6. The minimum atomic E-state index is -0.140. The second kappa shape index (κ2) is 11.1. The lowest BCUT2D eigenvalue weighted by molar-refractivity contribution is 0.660. The maximum absolute atomic E-state index is 2.42. The number of rotatable bonds is 5. The molecule has 48 heavy (non-hydrogen) atoms. The molecule has 0 saturated heterocycles. The molecule has 2 heteroatoms. The third kappa shape index (κ3) is 4.48. The molecule has 0 bridgehead atoms. The van der Waals surface area contributed by atoms with Gasteiger partial charge >= 0.3 is 0 Å². The van der Waals surface area contributed by atoms with E-state index in [2.05, 4.69) is 193 Å². The third-order valence-electron chi connectivity index (χ3n) is 10.2. The van der Waals surface area contributed by atoms with E-state index in [1.807, 2.05) is 0 Å². The van der Waals surface area contributed by atoms with E-state index in [1.54, 1.807) is 0 Å². The van der Waals surface area contributed by atoms with Crippen molar-refractivity contribution in [1.29, 1.82) is 0 Å². The molecule has 0 saturated carbocycles. The van der Waals surface area contributed by atoms with E-state index >= 15 is 0 Å². The monoisotopic (exact) mass is 616 g/mol. The van der Waals surface area contributed by atoms with Gasteiger partial charge in [-0.25, -0.2) is 0 Å². The predicted molar refractivity (Wildman–Crippen MR) is 204 cm³/mol. The van der Waals surface area contributed by atoms with Gasteiger partial charge in [0, 0.05) is 38.9 Å². The summed E-state index contributed by atoms with van der Waals surface area (Å²) in [5, 5.41) is 2.57. The lowest BCUT2D eigenvalue weighted by Crippen LogP contribution is -2.16. The highest BCUT2D eigenvalue weighted by molar-refractivity contribution is 6.09. The van der Waals surface area contributed by atoms with Crippen LogP contribution < -0.4 is 4.90 Å². The van der Waals surface area contributed by atoms with E-state index < -0.39 is 0 Å². The highest BCUT2D eigenvalue weighted by atomic mass is 15.1. The molecule has 0 radical (unpaired) electrons. The van der Waals surface area contributed by atoms with Crippen LogP contribution in [0.3, 0.4) is 0 Å². The van der Waals surface area contributed by atoms with E-state index in [0.29, 0.717) is 0 Å². The fourth-order valence-electron chi connectivity index (χ4n) is 7.85. The average molecular weight is 617 g/mol. The van der Waals surface area contributed by atoms with Gasteiger partial charge in [0.1, 0.15) is 0 Å². The Morgan fingerprint density at radius 2 is 1.21 bits per heavy atom. The van der Waals surface area contributed by atoms with E-state index in [0.717, 1.165) is 23.5 Å². The van der Waals surface area contributed by atoms with Crippen molar-refractivity contribution in [1.82, 2.24) is 4.57 Å². The van der Waals surface area contributed by atoms with Crippen molar-refractivity contribution in [3.63, 3.8) is 0 Å². The molecule has 0 amide bonds. The fourth-order valence-corrected chi connectivity index (χ4v) is 7.85. The molecule has 2 nitrogen and oxygen atoms in total. The normalized spacial score (nSPS) is 14.5. The second-order valence-electron chi connectivity index (χ2n) is 13.4. The molecule has 230 valence electrons. The zero-order valence-electron chi connectivity index (χ0n) is 27.3. The Morgan fingerprint density at radius 1 is 0.542 bits per heavy atom. The standard InChI is InChI=1S/C46H36N2/c1-46(2)42-29-27-36(48-44-20-12-10-18-39(44)40-19-11-13-21-45(40)48)30-41(42)38-28-26-37(31-43(38)46)47(34-16-8-5-9-17-34)35-24-22-33(23-25-35)32-14-6-3-4-7-15-32/h3-14,16-31H,15H2,1-2H3. The Morgan fingerprint density at radius 3 is 1.96 bits per heavy atom. The quantitative estimate of drug-likeness (QED) is 0.187. The summed E-state index contributed by atoms with van der Waals surface area (Å²) in [7, 11) is 0. The van der Waals surface area contributed by atoms with Gasteiger partial charge in [-0.2, -0.15) is 0 Å². The number of allylic oxidation sites excluding steroid dienone is 6. The Bertz CT molecular complexity index is 2380. The predicted octanol–water partition coefficient (Wildman–Crippen LogP) is 12.5. The Labute approximate surface area is 282 Å². The molecule has 2 aliphatic carbocycles. The van der Waals surface area contributed by atoms with E-state index in [1.165, 1.54) is 60.9 Å². The average Bonchev–Trinajstić information content (AvgIpc) is 3.39. The van der Waals surface area contributed by atoms with Crippen LogP contribution in [-0.4, -0.2) is 4.57 Å². The summed E-state index contributed by atoms with van der Waals surface area (Å²) in [6, 6.07) is 51.3. The highest BCUT2D eigenvalue weighted by Crippen LogP contribution is 2.51. The van der Waals surface area contributed by atoms with E-state index in [-0.39, 0.29) is 5.41 Å². The van der Waals surface area contributed by atoms with Crippen LogP contribution in [0.4, 0.5) is 17.1 Å². The zero-order chi connectivity index (χ0) is 32.2. The van der Waals surface area contributed by atoms with Crippen LogP contribution in [0.25, 0.3) is 44.2 Å². The summed E-state index contributed by atoms with van der Waals surface area (Å²) in [6.45, 7) is 4.74. The van der Waals surface area contributed by atoms with Gasteiger partial charge in [-0.1, -0.05) is 123 Å². The van der Waals surface area contributed by atoms with Gasteiger partial charge in [-0.05, 0) is 100 Å². The molecule has 9 rings (SSSR count). The Balaban J connectivity index is 1.15. The van der Waals surface area contributed by atoms with Gasteiger partial charge in [0.25, 0.3) is 0 Å². The molecule has 7 aromatic rings. The highest BCUT2D eigenvalue weighted by Gasteiger charge is 2.36.